The molecule has 4 rings (SSSR count). The predicted molar refractivity (Wildman–Crippen MR) is 138 cm³/mol. The lowest BCUT2D eigenvalue weighted by atomic mass is 9.95. The van der Waals surface area contributed by atoms with E-state index >= 15 is 0 Å². The Morgan fingerprint density at radius 1 is 1.20 bits per heavy atom. The van der Waals surface area contributed by atoms with E-state index in [0.717, 1.165) is 42.6 Å². The molecule has 0 unspecified atom stereocenters. The largest absolute Gasteiger partial charge is 0.485 e. The second kappa shape index (κ2) is 11.3. The summed E-state index contributed by atoms with van der Waals surface area (Å²) >= 11 is 2.79. The van der Waals surface area contributed by atoms with Gasteiger partial charge in [-0.1, -0.05) is 23.9 Å². The van der Waals surface area contributed by atoms with Crippen LogP contribution in [0.1, 0.15) is 57.5 Å². The van der Waals surface area contributed by atoms with Crippen LogP contribution in [0.25, 0.3) is 0 Å². The molecule has 1 aromatic carbocycles. The molecule has 10 heteroatoms. The van der Waals surface area contributed by atoms with Crippen LogP contribution in [0.15, 0.2) is 23.4 Å². The zero-order valence-electron chi connectivity index (χ0n) is 20.5. The summed E-state index contributed by atoms with van der Waals surface area (Å²) in [4.78, 5) is 26.4. The van der Waals surface area contributed by atoms with E-state index in [-0.39, 0.29) is 11.7 Å². The van der Waals surface area contributed by atoms with Crippen LogP contribution in [0.3, 0.4) is 0 Å². The lowest BCUT2D eigenvalue weighted by molar-refractivity contribution is -0.113. The molecule has 1 amide bonds. The third-order valence-electron chi connectivity index (χ3n) is 6.17. The van der Waals surface area contributed by atoms with Crippen LogP contribution in [0.4, 0.5) is 5.00 Å². The average Bonchev–Trinajstić information content (AvgIpc) is 3.43. The van der Waals surface area contributed by atoms with E-state index in [1.54, 1.807) is 0 Å². The number of esters is 1. The average molecular weight is 515 g/mol. The first kappa shape index (κ1) is 25.2. The van der Waals surface area contributed by atoms with E-state index < -0.39 is 5.97 Å². The van der Waals surface area contributed by atoms with Crippen LogP contribution in [0, 0.1) is 13.8 Å². The Kier molecular flexibility index (Phi) is 8.12. The minimum absolute atomic E-state index is 0.152. The number of carbonyl (C=O) groups is 2. The van der Waals surface area contributed by atoms with Crippen molar-refractivity contribution < 1.29 is 19.1 Å². The number of rotatable bonds is 9. The van der Waals surface area contributed by atoms with Crippen LogP contribution in [0.5, 0.6) is 5.75 Å². The molecule has 2 aromatic heterocycles. The van der Waals surface area contributed by atoms with Gasteiger partial charge in [0.15, 0.2) is 11.0 Å². The molecule has 1 aliphatic carbocycles. The minimum Gasteiger partial charge on any atom is -0.485 e. The number of thioether (sulfide) groups is 1. The number of aryl methyl sites for hydroxylation is 2. The molecular formula is C25H30N4O4S2. The summed E-state index contributed by atoms with van der Waals surface area (Å²) in [5.74, 6) is 1.09. The number of benzene rings is 1. The number of hydrogen-bond donors (Lipinski definition) is 1. The molecule has 0 aliphatic heterocycles. The van der Waals surface area contributed by atoms with Crippen molar-refractivity contribution in [2.75, 3.05) is 18.2 Å². The molecule has 0 spiro atoms. The molecule has 1 N–H and O–H groups in total. The summed E-state index contributed by atoms with van der Waals surface area (Å²) in [5, 5.41) is 12.7. The Balaban J connectivity index is 1.41. The van der Waals surface area contributed by atoms with E-state index in [0.29, 0.717) is 34.7 Å². The van der Waals surface area contributed by atoms with Crippen LogP contribution in [-0.4, -0.2) is 39.5 Å². The maximum absolute atomic E-state index is 12.8. The molecule has 35 heavy (non-hydrogen) atoms. The highest BCUT2D eigenvalue weighted by atomic mass is 32.2. The van der Waals surface area contributed by atoms with Gasteiger partial charge in [0.1, 0.15) is 17.4 Å². The maximum atomic E-state index is 12.8. The fourth-order valence-corrected chi connectivity index (χ4v) is 6.25. The smallest absolute Gasteiger partial charge is 0.341 e. The van der Waals surface area contributed by atoms with Crippen LogP contribution in [-0.2, 0) is 35.5 Å². The van der Waals surface area contributed by atoms with E-state index in [2.05, 4.69) is 28.5 Å². The number of methoxy groups -OCH3 is 1. The second-order valence-electron chi connectivity index (χ2n) is 8.37. The third kappa shape index (κ3) is 5.54. The van der Waals surface area contributed by atoms with E-state index in [1.807, 2.05) is 30.5 Å². The van der Waals surface area contributed by atoms with Gasteiger partial charge in [-0.05, 0) is 69.2 Å². The number of fused-ring (bicyclic) bond motifs is 1. The summed E-state index contributed by atoms with van der Waals surface area (Å²) in [5.41, 5.74) is 3.80. The first-order chi connectivity index (χ1) is 16.9. The summed E-state index contributed by atoms with van der Waals surface area (Å²) < 4.78 is 12.9. The summed E-state index contributed by atoms with van der Waals surface area (Å²) in [6.07, 6.45) is 3.91. The van der Waals surface area contributed by atoms with Crippen molar-refractivity contribution in [3.05, 3.63) is 51.2 Å². The number of hydrogen-bond acceptors (Lipinski definition) is 8. The van der Waals surface area contributed by atoms with Crippen molar-refractivity contribution in [2.24, 2.45) is 0 Å². The number of carbonyl (C=O) groups excluding carboxylic acids is 2. The van der Waals surface area contributed by atoms with E-state index in [4.69, 9.17) is 9.47 Å². The number of nitrogens with zero attached hydrogens (tertiary/aromatic N) is 3. The topological polar surface area (TPSA) is 95.3 Å². The van der Waals surface area contributed by atoms with Crippen molar-refractivity contribution in [3.63, 3.8) is 0 Å². The third-order valence-corrected chi connectivity index (χ3v) is 8.34. The predicted octanol–water partition coefficient (Wildman–Crippen LogP) is 4.95. The highest BCUT2D eigenvalue weighted by Crippen LogP contribution is 2.38. The Morgan fingerprint density at radius 2 is 2.00 bits per heavy atom. The zero-order valence-corrected chi connectivity index (χ0v) is 22.1. The van der Waals surface area contributed by atoms with Crippen LogP contribution in [0.2, 0.25) is 0 Å². The van der Waals surface area contributed by atoms with Crippen molar-refractivity contribution in [3.8, 4) is 5.75 Å². The van der Waals surface area contributed by atoms with Gasteiger partial charge in [-0.3, -0.25) is 4.79 Å². The molecule has 0 saturated carbocycles. The van der Waals surface area contributed by atoms with Gasteiger partial charge in [0.25, 0.3) is 0 Å². The van der Waals surface area contributed by atoms with Crippen molar-refractivity contribution in [2.45, 2.75) is 64.8 Å². The van der Waals surface area contributed by atoms with Crippen LogP contribution < -0.4 is 10.1 Å². The fraction of sp³-hybridized carbons (Fsp3) is 0.440. The highest BCUT2D eigenvalue weighted by molar-refractivity contribution is 7.99. The van der Waals surface area contributed by atoms with Crippen molar-refractivity contribution in [1.82, 2.24) is 14.8 Å². The van der Waals surface area contributed by atoms with Gasteiger partial charge in [0.05, 0.1) is 18.4 Å². The lowest BCUT2D eigenvalue weighted by Gasteiger charge is -2.12. The molecule has 0 atom stereocenters. The Bertz CT molecular complexity index is 1230. The second-order valence-corrected chi connectivity index (χ2v) is 10.4. The zero-order chi connectivity index (χ0) is 24.9. The number of aromatic nitrogens is 3. The molecule has 1 aliphatic rings. The van der Waals surface area contributed by atoms with Gasteiger partial charge in [0, 0.05) is 11.4 Å². The summed E-state index contributed by atoms with van der Waals surface area (Å²) in [6.45, 7) is 7.04. The Morgan fingerprint density at radius 3 is 2.77 bits per heavy atom. The van der Waals surface area contributed by atoms with E-state index in [9.17, 15) is 9.59 Å². The molecule has 0 fully saturated rings. The first-order valence-corrected chi connectivity index (χ1v) is 13.5. The SMILES string of the molecule is CCn1c(COc2cccc(C)c2C)nnc1SCC(=O)Nc1sc2c(c1C(=O)OC)CCCC2. The molecule has 3 aromatic rings. The van der Waals surface area contributed by atoms with Gasteiger partial charge in [0.2, 0.25) is 5.91 Å². The number of ether oxygens (including phenoxy) is 2. The number of nitrogens with one attached hydrogen (secondary N) is 1. The maximum Gasteiger partial charge on any atom is 0.341 e. The Labute approximate surface area is 213 Å². The molecule has 0 saturated heterocycles. The Hall–Kier alpha value is -2.85. The van der Waals surface area contributed by atoms with Gasteiger partial charge >= 0.3 is 5.97 Å². The standard InChI is InChI=1S/C25H30N4O4S2/c1-5-29-20(13-33-18-11-8-9-15(2)16(18)3)27-28-25(29)34-14-21(30)26-23-22(24(31)32-4)17-10-6-7-12-19(17)35-23/h8-9,11H,5-7,10,12-14H2,1-4H3,(H,26,30). The van der Waals surface area contributed by atoms with Crippen LogP contribution >= 0.6 is 23.1 Å². The fourth-order valence-electron chi connectivity index (χ4n) is 4.14. The normalized spacial score (nSPS) is 12.8. The highest BCUT2D eigenvalue weighted by Gasteiger charge is 2.27. The van der Waals surface area contributed by atoms with Gasteiger partial charge in [-0.25, -0.2) is 4.79 Å². The summed E-state index contributed by atoms with van der Waals surface area (Å²) in [7, 11) is 1.37. The summed E-state index contributed by atoms with van der Waals surface area (Å²) in [6, 6.07) is 5.97. The van der Waals surface area contributed by atoms with Gasteiger partial charge < -0.3 is 19.4 Å². The molecule has 186 valence electrons. The first-order valence-electron chi connectivity index (χ1n) is 11.7. The minimum atomic E-state index is -0.397. The molecule has 8 nitrogen and oxygen atoms in total. The van der Waals surface area contributed by atoms with Gasteiger partial charge in [-0.2, -0.15) is 0 Å². The molecule has 0 radical (unpaired) electrons. The number of amides is 1. The van der Waals surface area contributed by atoms with Gasteiger partial charge in [-0.15, -0.1) is 21.5 Å². The lowest BCUT2D eigenvalue weighted by Crippen LogP contribution is -2.17. The van der Waals surface area contributed by atoms with Crippen molar-refractivity contribution in [1.29, 1.82) is 0 Å². The quantitative estimate of drug-likeness (QED) is 0.319. The van der Waals surface area contributed by atoms with E-state index in [1.165, 1.54) is 40.6 Å². The number of thiophene rings is 1. The molecular weight excluding hydrogens is 484 g/mol. The molecule has 0 bridgehead atoms. The number of anilines is 1. The van der Waals surface area contributed by atoms with Crippen molar-refractivity contribution >= 4 is 40.0 Å². The monoisotopic (exact) mass is 514 g/mol. The molecule has 2 heterocycles.